The van der Waals surface area contributed by atoms with Gasteiger partial charge in [-0.1, -0.05) is 48.5 Å². The molecule has 1 heterocycles. The molecule has 2 N–H and O–H groups in total. The molecule has 4 rings (SSSR count). The molecule has 1 unspecified atom stereocenters. The van der Waals surface area contributed by atoms with E-state index in [0.29, 0.717) is 19.1 Å². The van der Waals surface area contributed by atoms with Gasteiger partial charge in [0.05, 0.1) is 24.3 Å². The molecule has 4 heteroatoms. The average Bonchev–Trinajstić information content (AvgIpc) is 2.76. The summed E-state index contributed by atoms with van der Waals surface area (Å²) in [5.41, 5.74) is 8.37. The predicted molar refractivity (Wildman–Crippen MR) is 114 cm³/mol. The van der Waals surface area contributed by atoms with Crippen LogP contribution in [-0.2, 0) is 4.74 Å². The van der Waals surface area contributed by atoms with Gasteiger partial charge in [0.1, 0.15) is 0 Å². The summed E-state index contributed by atoms with van der Waals surface area (Å²) >= 11 is 0. The highest BCUT2D eigenvalue weighted by molar-refractivity contribution is 5.78. The number of ether oxygens (including phenoxy) is 1. The van der Waals surface area contributed by atoms with Crippen molar-refractivity contribution in [2.75, 3.05) is 13.2 Å². The van der Waals surface area contributed by atoms with Gasteiger partial charge in [-0.2, -0.15) is 0 Å². The van der Waals surface area contributed by atoms with Gasteiger partial charge in [0.15, 0.2) is 0 Å². The third kappa shape index (κ3) is 4.03. The summed E-state index contributed by atoms with van der Waals surface area (Å²) in [6.45, 7) is 0.859. The molecule has 0 radical (unpaired) electrons. The van der Waals surface area contributed by atoms with Crippen molar-refractivity contribution in [3.8, 4) is 0 Å². The van der Waals surface area contributed by atoms with Crippen molar-refractivity contribution in [3.63, 3.8) is 0 Å². The second kappa shape index (κ2) is 8.72. The van der Waals surface area contributed by atoms with E-state index >= 15 is 0 Å². The Kier molecular flexibility index (Phi) is 5.89. The fourth-order valence-electron chi connectivity index (χ4n) is 4.37. The molecule has 0 spiro atoms. The molecule has 4 nitrogen and oxygen atoms in total. The minimum Gasteiger partial charge on any atom is -0.376 e. The largest absolute Gasteiger partial charge is 0.376 e. The number of para-hydroxylation sites is 1. The molecule has 0 aliphatic heterocycles. The molecule has 1 saturated carbocycles. The molecule has 146 valence electrons. The monoisotopic (exact) mass is 376 g/mol. The van der Waals surface area contributed by atoms with Gasteiger partial charge in [-0.25, -0.2) is 0 Å². The van der Waals surface area contributed by atoms with E-state index in [1.165, 1.54) is 5.56 Å². The van der Waals surface area contributed by atoms with Gasteiger partial charge in [-0.05, 0) is 54.7 Å². The van der Waals surface area contributed by atoms with Crippen LogP contribution in [0.1, 0.15) is 43.2 Å². The molecule has 2 aromatic carbocycles. The number of fused-ring (bicyclic) bond motifs is 1. The van der Waals surface area contributed by atoms with Crippen LogP contribution in [0.2, 0.25) is 0 Å². The molecule has 28 heavy (non-hydrogen) atoms. The highest BCUT2D eigenvalue weighted by Gasteiger charge is 2.24. The normalized spacial score (nSPS) is 20.9. The minimum atomic E-state index is -0.148. The quantitative estimate of drug-likeness (QED) is 0.700. The van der Waals surface area contributed by atoms with Gasteiger partial charge in [-0.15, -0.1) is 0 Å². The van der Waals surface area contributed by atoms with Crippen molar-refractivity contribution >= 4 is 10.9 Å². The number of nitrogens with two attached hydrogens (primary N) is 1. The maximum absolute atomic E-state index is 12.5. The topological polar surface area (TPSA) is 57.2 Å². The third-order valence-electron chi connectivity index (χ3n) is 5.95. The summed E-state index contributed by atoms with van der Waals surface area (Å²) in [5.74, 6) is 0.632. The van der Waals surface area contributed by atoms with Crippen LogP contribution in [0, 0.1) is 0 Å². The second-order valence-electron chi connectivity index (χ2n) is 7.71. The van der Waals surface area contributed by atoms with Gasteiger partial charge < -0.3 is 15.0 Å². The van der Waals surface area contributed by atoms with E-state index in [4.69, 9.17) is 10.5 Å². The van der Waals surface area contributed by atoms with Crippen LogP contribution in [0.25, 0.3) is 10.9 Å². The van der Waals surface area contributed by atoms with E-state index < -0.39 is 0 Å². The Balaban J connectivity index is 1.41. The fourth-order valence-corrected chi connectivity index (χ4v) is 4.37. The maximum atomic E-state index is 12.5. The van der Waals surface area contributed by atoms with Gasteiger partial charge in [0, 0.05) is 12.6 Å². The second-order valence-corrected chi connectivity index (χ2v) is 7.71. The Bertz CT molecular complexity index is 959. The predicted octanol–water partition coefficient (Wildman–Crippen LogP) is 4.24. The molecule has 1 aliphatic rings. The molecule has 1 atom stereocenters. The molecular formula is C24H28N2O2. The van der Waals surface area contributed by atoms with Gasteiger partial charge >= 0.3 is 0 Å². The lowest BCUT2D eigenvalue weighted by Crippen LogP contribution is -2.34. The molecule has 1 fully saturated rings. The summed E-state index contributed by atoms with van der Waals surface area (Å²) in [4.78, 5) is 12.5. The van der Waals surface area contributed by atoms with Crippen molar-refractivity contribution in [2.24, 2.45) is 5.73 Å². The molecule has 0 saturated heterocycles. The average molecular weight is 377 g/mol. The summed E-state index contributed by atoms with van der Waals surface area (Å²) in [7, 11) is 0. The van der Waals surface area contributed by atoms with E-state index in [-0.39, 0.29) is 17.7 Å². The molecule has 1 aliphatic carbocycles. The number of rotatable bonds is 6. The third-order valence-corrected chi connectivity index (χ3v) is 5.95. The molecule has 0 amide bonds. The van der Waals surface area contributed by atoms with E-state index in [1.54, 1.807) is 10.6 Å². The number of hydrogen-bond acceptors (Lipinski definition) is 3. The van der Waals surface area contributed by atoms with Gasteiger partial charge in [0.2, 0.25) is 0 Å². The van der Waals surface area contributed by atoms with E-state index in [9.17, 15) is 4.79 Å². The van der Waals surface area contributed by atoms with Crippen LogP contribution in [0.5, 0.6) is 0 Å². The van der Waals surface area contributed by atoms with Crippen LogP contribution in [-0.4, -0.2) is 23.8 Å². The lowest BCUT2D eigenvalue weighted by molar-refractivity contribution is 0.00851. The lowest BCUT2D eigenvalue weighted by Gasteiger charge is -2.30. The molecule has 1 aromatic heterocycles. The molecular weight excluding hydrogens is 348 g/mol. The highest BCUT2D eigenvalue weighted by Crippen LogP contribution is 2.34. The zero-order valence-electron chi connectivity index (χ0n) is 16.2. The standard InChI is InChI=1S/C24H28N2O2/c25-16-21(26-23-9-5-4-8-20(23)12-15-24(26)27)17-28-22-13-10-19(11-14-22)18-6-2-1-3-7-18/h1-9,12,15,19,21-22H,10-11,13-14,16-17,25H2. The first-order valence-electron chi connectivity index (χ1n) is 10.2. The summed E-state index contributed by atoms with van der Waals surface area (Å²) in [5, 5.41) is 1.05. The van der Waals surface area contributed by atoms with E-state index in [1.807, 2.05) is 30.3 Å². The SMILES string of the molecule is NCC(COC1CCC(c2ccccc2)CC1)n1c(=O)ccc2ccccc21. The number of hydrogen-bond donors (Lipinski definition) is 1. The number of nitrogens with zero attached hydrogens (tertiary/aromatic N) is 1. The first kappa shape index (κ1) is 18.9. The van der Waals surface area contributed by atoms with Crippen molar-refractivity contribution in [1.82, 2.24) is 4.57 Å². The Labute approximate surface area is 165 Å². The maximum Gasteiger partial charge on any atom is 0.251 e. The smallest absolute Gasteiger partial charge is 0.251 e. The molecule has 0 bridgehead atoms. The Morgan fingerprint density at radius 2 is 1.64 bits per heavy atom. The Hall–Kier alpha value is -2.43. The molecule has 3 aromatic rings. The fraction of sp³-hybridized carbons (Fsp3) is 0.375. The van der Waals surface area contributed by atoms with Crippen LogP contribution < -0.4 is 11.3 Å². The number of benzene rings is 2. The van der Waals surface area contributed by atoms with Crippen LogP contribution >= 0.6 is 0 Å². The first-order valence-corrected chi connectivity index (χ1v) is 10.2. The van der Waals surface area contributed by atoms with Crippen molar-refractivity contribution in [1.29, 1.82) is 0 Å². The highest BCUT2D eigenvalue weighted by atomic mass is 16.5. The lowest BCUT2D eigenvalue weighted by atomic mass is 9.83. The van der Waals surface area contributed by atoms with E-state index in [2.05, 4.69) is 30.3 Å². The Morgan fingerprint density at radius 1 is 0.929 bits per heavy atom. The van der Waals surface area contributed by atoms with E-state index in [0.717, 1.165) is 36.6 Å². The van der Waals surface area contributed by atoms with Crippen molar-refractivity contribution < 1.29 is 4.74 Å². The summed E-state index contributed by atoms with van der Waals surface area (Å²) < 4.78 is 8.04. The van der Waals surface area contributed by atoms with Gasteiger partial charge in [0.25, 0.3) is 5.56 Å². The minimum absolute atomic E-state index is 0.0227. The van der Waals surface area contributed by atoms with Crippen LogP contribution in [0.4, 0.5) is 0 Å². The number of aromatic nitrogens is 1. The Morgan fingerprint density at radius 3 is 2.39 bits per heavy atom. The number of pyridine rings is 1. The van der Waals surface area contributed by atoms with Crippen LogP contribution in [0.3, 0.4) is 0 Å². The first-order chi connectivity index (χ1) is 13.8. The summed E-state index contributed by atoms with van der Waals surface area (Å²) in [6, 6.07) is 22.0. The zero-order valence-corrected chi connectivity index (χ0v) is 16.2. The van der Waals surface area contributed by atoms with Gasteiger partial charge in [-0.3, -0.25) is 4.79 Å². The van der Waals surface area contributed by atoms with Crippen LogP contribution in [0.15, 0.2) is 71.5 Å². The van der Waals surface area contributed by atoms with Crippen molar-refractivity contribution in [2.45, 2.75) is 43.7 Å². The zero-order chi connectivity index (χ0) is 19.3. The van der Waals surface area contributed by atoms with Crippen molar-refractivity contribution in [3.05, 3.63) is 82.6 Å². The summed E-state index contributed by atoms with van der Waals surface area (Å²) in [6.07, 6.45) is 4.66.